The first-order chi connectivity index (χ1) is 18.3. The van der Waals surface area contributed by atoms with Crippen LogP contribution in [0.25, 0.3) is 0 Å². The standard InChI is InChI=1S/C33H52O7/c1-27(2,36)14-13-26-32(9,40-29(5,6)39-26)24-10-11-25(35)33-17-20(34)19-16-21-22(38-28(3,4)37-21)18-30(19,7)23(33)12-15-31(24,33)8/h19,21-24,26,36H,10-18H2,1-9H3/t19-,21+,22-,23+,24-,26+,30-,31+,32+,33-/m0/s1. The zero-order valence-electron chi connectivity index (χ0n) is 26.2. The first-order valence-electron chi connectivity index (χ1n) is 15.8. The molecule has 1 spiro atoms. The van der Waals surface area contributed by atoms with Crippen molar-refractivity contribution in [3.05, 3.63) is 0 Å². The largest absolute Gasteiger partial charge is 0.390 e. The molecule has 10 atom stereocenters. The lowest BCUT2D eigenvalue weighted by atomic mass is 9.39. The highest BCUT2D eigenvalue weighted by Gasteiger charge is 2.77. The molecule has 6 rings (SSSR count). The smallest absolute Gasteiger partial charge is 0.164 e. The van der Waals surface area contributed by atoms with Gasteiger partial charge < -0.3 is 24.1 Å². The molecule has 6 fully saturated rings. The summed E-state index contributed by atoms with van der Waals surface area (Å²) in [4.78, 5) is 28.6. The second-order valence-corrected chi connectivity index (χ2v) is 16.5. The molecule has 2 aliphatic heterocycles. The molecule has 0 unspecified atom stereocenters. The van der Waals surface area contributed by atoms with E-state index in [0.717, 1.165) is 25.7 Å². The first kappa shape index (κ1) is 29.2. The van der Waals surface area contributed by atoms with E-state index < -0.39 is 28.2 Å². The number of hydrogen-bond donors (Lipinski definition) is 1. The predicted octanol–water partition coefficient (Wildman–Crippen LogP) is 5.74. The van der Waals surface area contributed by atoms with E-state index in [4.69, 9.17) is 18.9 Å². The van der Waals surface area contributed by atoms with Crippen molar-refractivity contribution in [2.45, 2.75) is 161 Å². The van der Waals surface area contributed by atoms with Gasteiger partial charge in [0.05, 0.1) is 29.5 Å². The third kappa shape index (κ3) is 4.00. The summed E-state index contributed by atoms with van der Waals surface area (Å²) in [5.41, 5.74) is -2.81. The van der Waals surface area contributed by atoms with Crippen LogP contribution in [0.3, 0.4) is 0 Å². The van der Waals surface area contributed by atoms with Crippen LogP contribution in [0.4, 0.5) is 0 Å². The van der Waals surface area contributed by atoms with Gasteiger partial charge in [-0.15, -0.1) is 0 Å². The minimum Gasteiger partial charge on any atom is -0.390 e. The summed E-state index contributed by atoms with van der Waals surface area (Å²) in [6.45, 7) is 18.3. The van der Waals surface area contributed by atoms with Crippen molar-refractivity contribution in [2.75, 3.05) is 0 Å². The fraction of sp³-hybridized carbons (Fsp3) is 0.939. The van der Waals surface area contributed by atoms with Crippen LogP contribution in [0, 0.1) is 34.0 Å². The Bertz CT molecular complexity index is 1090. The number of rotatable bonds is 4. The fourth-order valence-electron chi connectivity index (χ4n) is 11.2. The fourth-order valence-corrected chi connectivity index (χ4v) is 11.2. The Morgan fingerprint density at radius 1 is 0.900 bits per heavy atom. The van der Waals surface area contributed by atoms with Crippen LogP contribution in [-0.2, 0) is 28.5 Å². The van der Waals surface area contributed by atoms with Gasteiger partial charge in [0, 0.05) is 24.2 Å². The highest BCUT2D eigenvalue weighted by molar-refractivity contribution is 5.96. The second-order valence-electron chi connectivity index (χ2n) is 16.5. The normalized spacial score (nSPS) is 51.2. The van der Waals surface area contributed by atoms with Crippen molar-refractivity contribution in [3.63, 3.8) is 0 Å². The molecule has 1 N–H and O–H groups in total. The van der Waals surface area contributed by atoms with Gasteiger partial charge >= 0.3 is 0 Å². The third-order valence-corrected chi connectivity index (χ3v) is 12.6. The first-order valence-corrected chi connectivity index (χ1v) is 15.8. The summed E-state index contributed by atoms with van der Waals surface area (Å²) in [5, 5.41) is 10.5. The van der Waals surface area contributed by atoms with Gasteiger partial charge in [0.25, 0.3) is 0 Å². The molecule has 6 aliphatic rings. The van der Waals surface area contributed by atoms with Crippen LogP contribution >= 0.6 is 0 Å². The zero-order chi connectivity index (χ0) is 29.3. The number of carbonyl (C=O) groups excluding carboxylic acids is 2. The number of hydrogen-bond acceptors (Lipinski definition) is 7. The van der Waals surface area contributed by atoms with E-state index in [1.165, 1.54) is 0 Å². The SMILES string of the molecule is CC(C)(O)CC[C@H]1OC(C)(C)O[C@]1(C)[C@H]1CCC(=O)[C@]23CC(=O)[C@@H]4C[C@H]5OC(C)(C)O[C@H]5C[C@]4(C)[C@H]2CC[C@]13C. The Hall–Kier alpha value is -0.860. The Morgan fingerprint density at radius 2 is 1.57 bits per heavy atom. The molecule has 2 heterocycles. The van der Waals surface area contributed by atoms with Gasteiger partial charge in [-0.3, -0.25) is 9.59 Å². The molecular weight excluding hydrogens is 508 g/mol. The lowest BCUT2D eigenvalue weighted by molar-refractivity contribution is -0.212. The van der Waals surface area contributed by atoms with Crippen LogP contribution in [0.5, 0.6) is 0 Å². The zero-order valence-corrected chi connectivity index (χ0v) is 26.2. The number of ether oxygens (including phenoxy) is 4. The molecule has 40 heavy (non-hydrogen) atoms. The van der Waals surface area contributed by atoms with E-state index in [9.17, 15) is 14.7 Å². The van der Waals surface area contributed by atoms with Crippen molar-refractivity contribution in [1.82, 2.24) is 0 Å². The third-order valence-electron chi connectivity index (χ3n) is 12.6. The average Bonchev–Trinajstić information content (AvgIpc) is 3.36. The van der Waals surface area contributed by atoms with Crippen LogP contribution < -0.4 is 0 Å². The number of Topliss-reactive ketones (excluding diaryl/α,β-unsaturated/α-hetero) is 2. The average molecular weight is 561 g/mol. The van der Waals surface area contributed by atoms with Gasteiger partial charge in [-0.25, -0.2) is 0 Å². The lowest BCUT2D eigenvalue weighted by Crippen LogP contribution is -2.67. The summed E-state index contributed by atoms with van der Waals surface area (Å²) in [5.74, 6) is -0.794. The molecule has 4 aliphatic carbocycles. The molecule has 0 aromatic rings. The number of carbonyl (C=O) groups is 2. The van der Waals surface area contributed by atoms with E-state index in [-0.39, 0.29) is 58.5 Å². The molecule has 4 saturated carbocycles. The molecular formula is C33H52O7. The van der Waals surface area contributed by atoms with Crippen LogP contribution in [0.1, 0.15) is 120 Å². The minimum absolute atomic E-state index is 0.0448. The van der Waals surface area contributed by atoms with Crippen LogP contribution in [0.15, 0.2) is 0 Å². The predicted molar refractivity (Wildman–Crippen MR) is 149 cm³/mol. The monoisotopic (exact) mass is 560 g/mol. The van der Waals surface area contributed by atoms with Crippen molar-refractivity contribution in [3.8, 4) is 0 Å². The van der Waals surface area contributed by atoms with E-state index in [1.54, 1.807) is 0 Å². The maximum atomic E-state index is 14.3. The number of fused-ring (bicyclic) bond motifs is 3. The van der Waals surface area contributed by atoms with Crippen molar-refractivity contribution < 1.29 is 33.6 Å². The van der Waals surface area contributed by atoms with Gasteiger partial charge in [-0.05, 0) is 116 Å². The van der Waals surface area contributed by atoms with Crippen LogP contribution in [-0.4, -0.2) is 57.8 Å². The van der Waals surface area contributed by atoms with Gasteiger partial charge in [0.15, 0.2) is 11.6 Å². The summed E-state index contributed by atoms with van der Waals surface area (Å²) in [7, 11) is 0. The quantitative estimate of drug-likeness (QED) is 0.469. The Balaban J connectivity index is 1.39. The number of ketones is 2. The Labute approximate surface area is 240 Å². The number of aliphatic hydroxyl groups is 1. The van der Waals surface area contributed by atoms with Gasteiger partial charge in [0.2, 0.25) is 0 Å². The van der Waals surface area contributed by atoms with Gasteiger partial charge in [-0.2, -0.15) is 0 Å². The summed E-state index contributed by atoms with van der Waals surface area (Å²) >= 11 is 0. The van der Waals surface area contributed by atoms with Crippen LogP contribution in [0.2, 0.25) is 0 Å². The molecule has 226 valence electrons. The highest BCUT2D eigenvalue weighted by atomic mass is 16.8. The van der Waals surface area contributed by atoms with E-state index in [2.05, 4.69) is 20.8 Å². The molecule has 2 saturated heterocycles. The maximum absolute atomic E-state index is 14.3. The highest BCUT2D eigenvalue weighted by Crippen LogP contribution is 2.76. The molecule has 7 nitrogen and oxygen atoms in total. The van der Waals surface area contributed by atoms with E-state index in [1.807, 2.05) is 41.5 Å². The van der Waals surface area contributed by atoms with E-state index >= 15 is 0 Å². The molecule has 7 heteroatoms. The van der Waals surface area contributed by atoms with E-state index in [0.29, 0.717) is 32.1 Å². The molecule has 0 aromatic carbocycles. The molecule has 0 amide bonds. The topological polar surface area (TPSA) is 91.3 Å². The summed E-state index contributed by atoms with van der Waals surface area (Å²) in [6.07, 6.45) is 5.80. The van der Waals surface area contributed by atoms with Gasteiger partial charge in [-0.1, -0.05) is 13.8 Å². The molecule has 0 radical (unpaired) electrons. The Morgan fingerprint density at radius 3 is 2.25 bits per heavy atom. The van der Waals surface area contributed by atoms with Crippen molar-refractivity contribution in [2.24, 2.45) is 34.0 Å². The minimum atomic E-state index is -0.804. The van der Waals surface area contributed by atoms with Crippen molar-refractivity contribution in [1.29, 1.82) is 0 Å². The lowest BCUT2D eigenvalue weighted by Gasteiger charge is -2.64. The Kier molecular flexibility index (Phi) is 6.29. The second kappa shape index (κ2) is 8.62. The van der Waals surface area contributed by atoms with Gasteiger partial charge in [0.1, 0.15) is 11.6 Å². The molecule has 0 bridgehead atoms. The van der Waals surface area contributed by atoms with Crippen molar-refractivity contribution >= 4 is 11.6 Å². The summed E-state index contributed by atoms with van der Waals surface area (Å²) in [6, 6.07) is 0. The molecule has 0 aromatic heterocycles. The maximum Gasteiger partial charge on any atom is 0.164 e. The summed E-state index contributed by atoms with van der Waals surface area (Å²) < 4.78 is 26.0.